The zero-order valence-corrected chi connectivity index (χ0v) is 12.3. The van der Waals surface area contributed by atoms with Crippen LogP contribution in [0.4, 0.5) is 4.79 Å². The van der Waals surface area contributed by atoms with Gasteiger partial charge in [0.15, 0.2) is 0 Å². The van der Waals surface area contributed by atoms with Gasteiger partial charge in [-0.3, -0.25) is 4.90 Å². The van der Waals surface area contributed by atoms with Crippen LogP contribution < -0.4 is 5.32 Å². The second-order valence-electron chi connectivity index (χ2n) is 5.66. The molecule has 0 aliphatic carbocycles. The molecule has 3 rings (SSSR count). The molecule has 0 spiro atoms. The van der Waals surface area contributed by atoms with Crippen LogP contribution in [0.5, 0.6) is 0 Å². The number of amides is 2. The zero-order valence-electron chi connectivity index (χ0n) is 12.3. The lowest BCUT2D eigenvalue weighted by Crippen LogP contribution is -2.51. The fourth-order valence-corrected chi connectivity index (χ4v) is 3.06. The molecule has 2 saturated heterocycles. The van der Waals surface area contributed by atoms with Crippen LogP contribution in [-0.2, 0) is 11.3 Å². The summed E-state index contributed by atoms with van der Waals surface area (Å²) in [4.78, 5) is 16.5. The van der Waals surface area contributed by atoms with Gasteiger partial charge in [0.1, 0.15) is 0 Å². The summed E-state index contributed by atoms with van der Waals surface area (Å²) in [5.41, 5.74) is 0.992. The Morgan fingerprint density at radius 2 is 2.00 bits per heavy atom. The number of morpholine rings is 1. The van der Waals surface area contributed by atoms with E-state index in [1.54, 1.807) is 12.5 Å². The molecule has 1 aromatic rings. The number of rotatable bonds is 3. The third kappa shape index (κ3) is 3.77. The minimum atomic E-state index is 0.0247. The number of carbonyl (C=O) groups excluding carboxylic acids is 1. The monoisotopic (exact) mass is 293 g/mol. The summed E-state index contributed by atoms with van der Waals surface area (Å²) in [5.74, 6) is 0. The van der Waals surface area contributed by atoms with Gasteiger partial charge in [-0.05, 0) is 18.9 Å². The Bertz CT molecular complexity index is 435. The highest BCUT2D eigenvalue weighted by Gasteiger charge is 2.27. The molecule has 2 aliphatic rings. The molecule has 0 saturated carbocycles. The molecule has 0 atom stereocenters. The van der Waals surface area contributed by atoms with Crippen LogP contribution in [0.25, 0.3) is 0 Å². The molecular weight excluding hydrogens is 270 g/mol. The normalized spacial score (nSPS) is 21.4. The Hall–Kier alpha value is -1.53. The predicted octanol–water partition coefficient (Wildman–Crippen LogP) is 1.29. The SMILES string of the molecule is O=C(NCc1ccoc1)N1CCC(N2CCOCC2)CC1. The van der Waals surface area contributed by atoms with Crippen molar-refractivity contribution in [2.24, 2.45) is 0 Å². The van der Waals surface area contributed by atoms with E-state index in [0.717, 1.165) is 57.8 Å². The average Bonchev–Trinajstić information content (AvgIpc) is 3.07. The summed E-state index contributed by atoms with van der Waals surface area (Å²) >= 11 is 0. The number of hydrogen-bond donors (Lipinski definition) is 1. The number of likely N-dealkylation sites (tertiary alicyclic amines) is 1. The molecule has 0 unspecified atom stereocenters. The Morgan fingerprint density at radius 1 is 1.24 bits per heavy atom. The van der Waals surface area contributed by atoms with Crippen LogP contribution in [0.1, 0.15) is 18.4 Å². The van der Waals surface area contributed by atoms with Crippen molar-refractivity contribution >= 4 is 6.03 Å². The lowest BCUT2D eigenvalue weighted by Gasteiger charge is -2.40. The lowest BCUT2D eigenvalue weighted by atomic mass is 10.0. The molecule has 1 N–H and O–H groups in total. The van der Waals surface area contributed by atoms with E-state index in [1.807, 2.05) is 11.0 Å². The minimum Gasteiger partial charge on any atom is -0.472 e. The average molecular weight is 293 g/mol. The van der Waals surface area contributed by atoms with E-state index in [-0.39, 0.29) is 6.03 Å². The van der Waals surface area contributed by atoms with E-state index in [4.69, 9.17) is 9.15 Å². The molecular formula is C15H23N3O3. The maximum atomic E-state index is 12.1. The van der Waals surface area contributed by atoms with Gasteiger partial charge in [-0.25, -0.2) is 4.79 Å². The van der Waals surface area contributed by atoms with Crippen LogP contribution in [0.15, 0.2) is 23.0 Å². The second kappa shape index (κ2) is 6.95. The van der Waals surface area contributed by atoms with E-state index < -0.39 is 0 Å². The third-order valence-electron chi connectivity index (χ3n) is 4.34. The number of piperidine rings is 1. The zero-order chi connectivity index (χ0) is 14.5. The van der Waals surface area contributed by atoms with Crippen molar-refractivity contribution in [3.63, 3.8) is 0 Å². The van der Waals surface area contributed by atoms with Crippen LogP contribution in [0.3, 0.4) is 0 Å². The Balaban J connectivity index is 1.41. The van der Waals surface area contributed by atoms with Crippen molar-refractivity contribution < 1.29 is 13.9 Å². The predicted molar refractivity (Wildman–Crippen MR) is 77.9 cm³/mol. The van der Waals surface area contributed by atoms with Crippen molar-refractivity contribution in [2.45, 2.75) is 25.4 Å². The number of urea groups is 1. The number of ether oxygens (including phenoxy) is 1. The van der Waals surface area contributed by atoms with Gasteiger partial charge in [0.25, 0.3) is 0 Å². The van der Waals surface area contributed by atoms with Crippen LogP contribution >= 0.6 is 0 Å². The van der Waals surface area contributed by atoms with Crippen LogP contribution in [0.2, 0.25) is 0 Å². The Labute approximate surface area is 125 Å². The van der Waals surface area contributed by atoms with Crippen LogP contribution in [0, 0.1) is 0 Å². The molecule has 3 heterocycles. The summed E-state index contributed by atoms with van der Waals surface area (Å²) in [6.07, 6.45) is 5.39. The van der Waals surface area contributed by atoms with Crippen molar-refractivity contribution in [3.8, 4) is 0 Å². The van der Waals surface area contributed by atoms with Gasteiger partial charge < -0.3 is 19.4 Å². The van der Waals surface area contributed by atoms with E-state index in [0.29, 0.717) is 12.6 Å². The van der Waals surface area contributed by atoms with Gasteiger partial charge in [-0.15, -0.1) is 0 Å². The standard InChI is InChI=1S/C15H23N3O3/c19-15(16-11-13-3-8-21-12-13)18-4-1-14(2-5-18)17-6-9-20-10-7-17/h3,8,12,14H,1-2,4-7,9-11H2,(H,16,19). The van der Waals surface area contributed by atoms with Gasteiger partial charge in [0.05, 0.1) is 25.7 Å². The Morgan fingerprint density at radius 3 is 2.67 bits per heavy atom. The summed E-state index contributed by atoms with van der Waals surface area (Å²) in [6, 6.07) is 2.49. The number of furan rings is 1. The van der Waals surface area contributed by atoms with Crippen molar-refractivity contribution in [1.82, 2.24) is 15.1 Å². The quantitative estimate of drug-likeness (QED) is 0.912. The van der Waals surface area contributed by atoms with Crippen molar-refractivity contribution in [2.75, 3.05) is 39.4 Å². The van der Waals surface area contributed by atoms with Crippen molar-refractivity contribution in [1.29, 1.82) is 0 Å². The highest BCUT2D eigenvalue weighted by molar-refractivity contribution is 5.74. The number of carbonyl (C=O) groups is 1. The lowest BCUT2D eigenvalue weighted by molar-refractivity contribution is 0.00380. The highest BCUT2D eigenvalue weighted by atomic mass is 16.5. The van der Waals surface area contributed by atoms with Gasteiger partial charge >= 0.3 is 6.03 Å². The van der Waals surface area contributed by atoms with E-state index in [9.17, 15) is 4.79 Å². The first-order chi connectivity index (χ1) is 10.3. The minimum absolute atomic E-state index is 0.0247. The molecule has 2 fully saturated rings. The molecule has 116 valence electrons. The van der Waals surface area contributed by atoms with Gasteiger partial charge in [0.2, 0.25) is 0 Å². The Kier molecular flexibility index (Phi) is 4.77. The molecule has 0 aromatic carbocycles. The molecule has 0 bridgehead atoms. The molecule has 6 heteroatoms. The molecule has 1 aromatic heterocycles. The first kappa shape index (κ1) is 14.4. The summed E-state index contributed by atoms with van der Waals surface area (Å²) in [6.45, 7) is 5.92. The second-order valence-corrected chi connectivity index (χ2v) is 5.66. The highest BCUT2D eigenvalue weighted by Crippen LogP contribution is 2.17. The molecule has 2 aliphatic heterocycles. The fraction of sp³-hybridized carbons (Fsp3) is 0.667. The number of nitrogens with zero attached hydrogens (tertiary/aromatic N) is 2. The van der Waals surface area contributed by atoms with E-state index >= 15 is 0 Å². The topological polar surface area (TPSA) is 58.0 Å². The molecule has 2 amide bonds. The summed E-state index contributed by atoms with van der Waals surface area (Å²) in [5, 5.41) is 2.94. The number of hydrogen-bond acceptors (Lipinski definition) is 4. The largest absolute Gasteiger partial charge is 0.472 e. The van der Waals surface area contributed by atoms with Crippen LogP contribution in [-0.4, -0.2) is 61.3 Å². The number of nitrogens with one attached hydrogen (secondary N) is 1. The van der Waals surface area contributed by atoms with Gasteiger partial charge in [-0.1, -0.05) is 0 Å². The first-order valence-corrected chi connectivity index (χ1v) is 7.68. The van der Waals surface area contributed by atoms with Gasteiger partial charge in [-0.2, -0.15) is 0 Å². The molecule has 0 radical (unpaired) electrons. The van der Waals surface area contributed by atoms with Crippen molar-refractivity contribution in [3.05, 3.63) is 24.2 Å². The third-order valence-corrected chi connectivity index (χ3v) is 4.34. The summed E-state index contributed by atoms with van der Waals surface area (Å²) < 4.78 is 10.4. The van der Waals surface area contributed by atoms with Gasteiger partial charge in [0, 0.05) is 44.3 Å². The first-order valence-electron chi connectivity index (χ1n) is 7.68. The van der Waals surface area contributed by atoms with E-state index in [1.165, 1.54) is 0 Å². The maximum absolute atomic E-state index is 12.1. The smallest absolute Gasteiger partial charge is 0.317 e. The molecule has 6 nitrogen and oxygen atoms in total. The fourth-order valence-electron chi connectivity index (χ4n) is 3.06. The maximum Gasteiger partial charge on any atom is 0.317 e. The molecule has 21 heavy (non-hydrogen) atoms. The van der Waals surface area contributed by atoms with E-state index in [2.05, 4.69) is 10.2 Å². The summed E-state index contributed by atoms with van der Waals surface area (Å²) in [7, 11) is 0.